The number of ether oxygens (including phenoxy) is 1. The van der Waals surface area contributed by atoms with Crippen molar-refractivity contribution in [2.75, 3.05) is 13.2 Å². The van der Waals surface area contributed by atoms with Gasteiger partial charge in [-0.1, -0.05) is 443 Å². The van der Waals surface area contributed by atoms with E-state index >= 15 is 0 Å². The molecule has 0 spiro atoms. The first kappa shape index (κ1) is 89.6. The minimum absolute atomic E-state index is 0.0261. The molecule has 0 aliphatic rings. The van der Waals surface area contributed by atoms with E-state index < -0.39 is 12.1 Å². The molecule has 542 valence electrons. The zero-order valence-corrected chi connectivity index (χ0v) is 62.4. The number of aliphatic hydroxyl groups excluding tert-OH is 2. The fraction of sp³-hybridized carbons (Fsp3) is 0.953. The monoisotopic (exact) mass is 1280 g/mol. The highest BCUT2D eigenvalue weighted by molar-refractivity contribution is 5.76. The van der Waals surface area contributed by atoms with Crippen LogP contribution in [0.1, 0.15) is 495 Å². The topological polar surface area (TPSA) is 95.9 Å². The molecule has 0 bridgehead atoms. The van der Waals surface area contributed by atoms with Gasteiger partial charge >= 0.3 is 5.97 Å². The quantitative estimate of drug-likeness (QED) is 0.0320. The molecular formula is C85H167NO5. The molecular weight excluding hydrogens is 1110 g/mol. The second kappa shape index (κ2) is 81.0. The molecule has 1 amide bonds. The van der Waals surface area contributed by atoms with Crippen molar-refractivity contribution < 1.29 is 24.5 Å². The average Bonchev–Trinajstić information content (AvgIpc) is 3.67. The maximum Gasteiger partial charge on any atom is 0.305 e. The van der Waals surface area contributed by atoms with E-state index in [0.717, 1.165) is 38.5 Å². The zero-order chi connectivity index (χ0) is 65.6. The number of allylic oxidation sites excluding steroid dienone is 2. The summed E-state index contributed by atoms with van der Waals surface area (Å²) < 4.78 is 5.53. The predicted octanol–water partition coefficient (Wildman–Crippen LogP) is 28.2. The van der Waals surface area contributed by atoms with Gasteiger partial charge in [0.05, 0.1) is 25.4 Å². The number of unbranched alkanes of at least 4 members (excludes halogenated alkanes) is 68. The summed E-state index contributed by atoms with van der Waals surface area (Å²) in [6, 6.07) is -0.538. The van der Waals surface area contributed by atoms with Crippen molar-refractivity contribution in [3.05, 3.63) is 12.2 Å². The maximum absolute atomic E-state index is 12.5. The number of hydrogen-bond acceptors (Lipinski definition) is 5. The van der Waals surface area contributed by atoms with E-state index in [1.54, 1.807) is 0 Å². The molecule has 91 heavy (non-hydrogen) atoms. The Morgan fingerprint density at radius 3 is 0.780 bits per heavy atom. The number of rotatable bonds is 81. The number of carbonyl (C=O) groups is 2. The van der Waals surface area contributed by atoms with Crippen molar-refractivity contribution in [3.63, 3.8) is 0 Å². The zero-order valence-electron chi connectivity index (χ0n) is 62.4. The first-order chi connectivity index (χ1) is 45.0. The van der Waals surface area contributed by atoms with E-state index in [1.165, 1.54) is 424 Å². The van der Waals surface area contributed by atoms with Crippen molar-refractivity contribution in [1.29, 1.82) is 0 Å². The predicted molar refractivity (Wildman–Crippen MR) is 403 cm³/mol. The van der Waals surface area contributed by atoms with Crippen molar-refractivity contribution >= 4 is 11.9 Å². The summed E-state index contributed by atoms with van der Waals surface area (Å²) in [4.78, 5) is 24.7. The number of esters is 1. The van der Waals surface area contributed by atoms with Crippen LogP contribution in [0.3, 0.4) is 0 Å². The van der Waals surface area contributed by atoms with Crippen LogP contribution in [0.4, 0.5) is 0 Å². The van der Waals surface area contributed by atoms with E-state index in [4.69, 9.17) is 4.74 Å². The highest BCUT2D eigenvalue weighted by atomic mass is 16.5. The van der Waals surface area contributed by atoms with Gasteiger partial charge in [0.1, 0.15) is 0 Å². The summed E-state index contributed by atoms with van der Waals surface area (Å²) in [5.41, 5.74) is 0. The molecule has 0 heterocycles. The molecule has 0 aromatic carbocycles. The summed E-state index contributed by atoms with van der Waals surface area (Å²) in [5, 5.41) is 23.4. The van der Waals surface area contributed by atoms with Crippen LogP contribution < -0.4 is 5.32 Å². The van der Waals surface area contributed by atoms with Crippen molar-refractivity contribution in [2.24, 2.45) is 0 Å². The highest BCUT2D eigenvalue weighted by Gasteiger charge is 2.20. The SMILES string of the molecule is CCCCCCCCCCCCCCCCCCCCCC(=O)OCCCCCCCCCCCCCCCCCCCC/C=C\CCCCCCCCCCCCCCCCCCCC(=O)NC(CO)C(O)CCCCCCCCCCCCCCCCCC. The van der Waals surface area contributed by atoms with Crippen LogP contribution in [-0.2, 0) is 14.3 Å². The highest BCUT2D eigenvalue weighted by Crippen LogP contribution is 2.21. The number of hydrogen-bond donors (Lipinski definition) is 3. The summed E-state index contributed by atoms with van der Waals surface area (Å²) in [5.74, 6) is 0.00258. The van der Waals surface area contributed by atoms with Gasteiger partial charge in [0.2, 0.25) is 5.91 Å². The van der Waals surface area contributed by atoms with Gasteiger partial charge in [-0.3, -0.25) is 9.59 Å². The molecule has 3 N–H and O–H groups in total. The third-order valence-electron chi connectivity index (χ3n) is 20.3. The Labute approximate surface area is 571 Å². The lowest BCUT2D eigenvalue weighted by molar-refractivity contribution is -0.143. The van der Waals surface area contributed by atoms with Gasteiger partial charge in [-0.25, -0.2) is 0 Å². The Kier molecular flexibility index (Phi) is 79.8. The molecule has 6 heteroatoms. The van der Waals surface area contributed by atoms with E-state index in [9.17, 15) is 19.8 Å². The Bertz CT molecular complexity index is 1380. The molecule has 0 saturated carbocycles. The van der Waals surface area contributed by atoms with Crippen LogP contribution in [0, 0.1) is 0 Å². The van der Waals surface area contributed by atoms with Gasteiger partial charge in [-0.15, -0.1) is 0 Å². The Morgan fingerprint density at radius 2 is 0.516 bits per heavy atom. The molecule has 6 nitrogen and oxygen atoms in total. The molecule has 0 rings (SSSR count). The van der Waals surface area contributed by atoms with Gasteiger partial charge in [-0.2, -0.15) is 0 Å². The fourth-order valence-corrected chi connectivity index (χ4v) is 13.9. The summed E-state index contributed by atoms with van der Waals surface area (Å²) >= 11 is 0. The number of nitrogens with one attached hydrogen (secondary N) is 1. The largest absolute Gasteiger partial charge is 0.466 e. The van der Waals surface area contributed by atoms with E-state index in [0.29, 0.717) is 25.9 Å². The van der Waals surface area contributed by atoms with Crippen LogP contribution >= 0.6 is 0 Å². The van der Waals surface area contributed by atoms with Gasteiger partial charge < -0.3 is 20.3 Å². The lowest BCUT2D eigenvalue weighted by Crippen LogP contribution is -2.45. The minimum Gasteiger partial charge on any atom is -0.466 e. The molecule has 2 atom stereocenters. The standard InChI is InChI=1S/C85H167NO5/c1-3-5-7-9-11-13-15-17-19-21-43-47-51-55-59-63-67-71-75-79-85(90)91-80-76-72-68-64-60-56-52-48-45-42-40-38-36-34-32-30-28-26-24-22-23-25-27-29-31-33-35-37-39-41-44-46-50-54-58-62-66-70-74-78-84(89)86-82(81-87)83(88)77-73-69-65-61-57-53-49-20-18-16-14-12-10-8-6-4-2/h22-23,82-83,87-88H,3-21,24-81H2,1-2H3,(H,86,89)/b23-22-. The molecule has 0 fully saturated rings. The fourth-order valence-electron chi connectivity index (χ4n) is 13.9. The first-order valence-corrected chi connectivity index (χ1v) is 42.4. The molecule has 0 aliphatic heterocycles. The lowest BCUT2D eigenvalue weighted by Gasteiger charge is -2.22. The third-order valence-corrected chi connectivity index (χ3v) is 20.3. The maximum atomic E-state index is 12.5. The second-order valence-electron chi connectivity index (χ2n) is 29.5. The number of amides is 1. The van der Waals surface area contributed by atoms with Crippen LogP contribution in [0.2, 0.25) is 0 Å². The minimum atomic E-state index is -0.661. The molecule has 0 aromatic rings. The Morgan fingerprint density at radius 1 is 0.297 bits per heavy atom. The Balaban J connectivity index is 3.30. The number of aliphatic hydroxyl groups is 2. The molecule has 0 aromatic heterocycles. The van der Waals surface area contributed by atoms with Gasteiger partial charge in [0.15, 0.2) is 0 Å². The molecule has 2 unspecified atom stereocenters. The second-order valence-corrected chi connectivity index (χ2v) is 29.5. The smallest absolute Gasteiger partial charge is 0.305 e. The summed E-state index contributed by atoms with van der Waals surface area (Å²) in [7, 11) is 0. The van der Waals surface area contributed by atoms with Crippen molar-refractivity contribution in [3.8, 4) is 0 Å². The van der Waals surface area contributed by atoms with Gasteiger partial charge in [-0.05, 0) is 51.4 Å². The van der Waals surface area contributed by atoms with E-state index in [2.05, 4.69) is 31.3 Å². The molecule has 0 saturated heterocycles. The lowest BCUT2D eigenvalue weighted by atomic mass is 10.0. The molecule has 0 radical (unpaired) electrons. The average molecular weight is 1280 g/mol. The normalized spacial score (nSPS) is 12.4. The van der Waals surface area contributed by atoms with E-state index in [1.807, 2.05) is 0 Å². The van der Waals surface area contributed by atoms with Crippen LogP contribution in [0.15, 0.2) is 12.2 Å². The Hall–Kier alpha value is -1.40. The van der Waals surface area contributed by atoms with Crippen LogP contribution in [0.5, 0.6) is 0 Å². The van der Waals surface area contributed by atoms with Gasteiger partial charge in [0, 0.05) is 12.8 Å². The first-order valence-electron chi connectivity index (χ1n) is 42.4. The summed E-state index contributed by atoms with van der Waals surface area (Å²) in [6.45, 7) is 5.02. The van der Waals surface area contributed by atoms with Crippen LogP contribution in [-0.4, -0.2) is 47.4 Å². The summed E-state index contributed by atoms with van der Waals surface area (Å²) in [6.07, 6.45) is 103. The van der Waals surface area contributed by atoms with Gasteiger partial charge in [0.25, 0.3) is 0 Å². The van der Waals surface area contributed by atoms with Crippen molar-refractivity contribution in [1.82, 2.24) is 5.32 Å². The molecule has 0 aliphatic carbocycles. The van der Waals surface area contributed by atoms with Crippen LogP contribution in [0.25, 0.3) is 0 Å². The van der Waals surface area contributed by atoms with E-state index in [-0.39, 0.29) is 18.5 Å². The third kappa shape index (κ3) is 77.5. The van der Waals surface area contributed by atoms with Crippen molar-refractivity contribution in [2.45, 2.75) is 508 Å². The number of carbonyl (C=O) groups excluding carboxylic acids is 2.